The van der Waals surface area contributed by atoms with Crippen LogP contribution in [0.1, 0.15) is 35.7 Å². The first-order chi connectivity index (χ1) is 11.2. The molecule has 2 aromatic carbocycles. The number of anilines is 1. The van der Waals surface area contributed by atoms with Gasteiger partial charge in [-0.05, 0) is 42.7 Å². The summed E-state index contributed by atoms with van der Waals surface area (Å²) in [5.74, 6) is 0.988. The van der Waals surface area contributed by atoms with Gasteiger partial charge >= 0.3 is 0 Å². The van der Waals surface area contributed by atoms with Gasteiger partial charge < -0.3 is 14.8 Å². The van der Waals surface area contributed by atoms with Crippen molar-refractivity contribution < 1.29 is 14.3 Å². The first-order valence-corrected chi connectivity index (χ1v) is 7.80. The van der Waals surface area contributed by atoms with Crippen molar-refractivity contribution in [3.8, 4) is 11.5 Å². The van der Waals surface area contributed by atoms with Crippen molar-refractivity contribution in [3.63, 3.8) is 0 Å². The van der Waals surface area contributed by atoms with Gasteiger partial charge in [-0.1, -0.05) is 31.5 Å². The van der Waals surface area contributed by atoms with Gasteiger partial charge in [0.05, 0.1) is 14.2 Å². The molecule has 0 aromatic heterocycles. The fourth-order valence-electron chi connectivity index (χ4n) is 2.40. The van der Waals surface area contributed by atoms with E-state index >= 15 is 0 Å². The summed E-state index contributed by atoms with van der Waals surface area (Å²) < 4.78 is 10.4. The van der Waals surface area contributed by atoms with Crippen LogP contribution in [-0.4, -0.2) is 20.1 Å². The molecule has 0 bridgehead atoms. The second kappa shape index (κ2) is 8.22. The predicted octanol–water partition coefficient (Wildman–Crippen LogP) is 4.30. The number of carbonyl (C=O) groups is 1. The molecule has 2 aromatic rings. The van der Waals surface area contributed by atoms with Gasteiger partial charge in [0.1, 0.15) is 0 Å². The molecule has 122 valence electrons. The van der Waals surface area contributed by atoms with E-state index < -0.39 is 0 Å². The van der Waals surface area contributed by atoms with Gasteiger partial charge in [0.2, 0.25) is 0 Å². The quantitative estimate of drug-likeness (QED) is 0.829. The number of hydrogen-bond donors (Lipinski definition) is 1. The number of benzene rings is 2. The van der Waals surface area contributed by atoms with Crippen LogP contribution in [0, 0.1) is 0 Å². The number of carbonyl (C=O) groups excluding carboxylic acids is 1. The highest BCUT2D eigenvalue weighted by atomic mass is 16.5. The van der Waals surface area contributed by atoms with Crippen LogP contribution in [0.25, 0.3) is 0 Å². The molecule has 4 nitrogen and oxygen atoms in total. The summed E-state index contributed by atoms with van der Waals surface area (Å²) in [5.41, 5.74) is 2.55. The van der Waals surface area contributed by atoms with E-state index in [4.69, 9.17) is 9.47 Å². The summed E-state index contributed by atoms with van der Waals surface area (Å²) in [6.07, 6.45) is 3.18. The van der Waals surface area contributed by atoms with Crippen molar-refractivity contribution in [1.29, 1.82) is 0 Å². The summed E-state index contributed by atoms with van der Waals surface area (Å²) in [6, 6.07) is 13.1. The summed E-state index contributed by atoms with van der Waals surface area (Å²) in [4.78, 5) is 12.5. The van der Waals surface area contributed by atoms with E-state index in [0.717, 1.165) is 30.5 Å². The Morgan fingerprint density at radius 1 is 1.04 bits per heavy atom. The molecular formula is C19H23NO3. The first kappa shape index (κ1) is 16.9. The maximum atomic E-state index is 12.5. The van der Waals surface area contributed by atoms with E-state index in [1.165, 1.54) is 0 Å². The molecule has 4 heteroatoms. The van der Waals surface area contributed by atoms with Gasteiger partial charge in [-0.15, -0.1) is 0 Å². The molecule has 0 saturated carbocycles. The minimum absolute atomic E-state index is 0.157. The van der Waals surface area contributed by atoms with Crippen molar-refractivity contribution in [1.82, 2.24) is 0 Å². The lowest BCUT2D eigenvalue weighted by Crippen LogP contribution is -2.13. The molecule has 0 radical (unpaired) electrons. The van der Waals surface area contributed by atoms with Crippen LogP contribution in [0.3, 0.4) is 0 Å². The standard InChI is InChI=1S/C19H23NO3/c1-4-5-8-14-9-6-7-10-16(14)20-19(21)15-11-12-17(22-2)18(13-15)23-3/h6-7,9-13H,4-5,8H2,1-3H3,(H,20,21). The highest BCUT2D eigenvalue weighted by Crippen LogP contribution is 2.28. The van der Waals surface area contributed by atoms with Crippen LogP contribution in [0.4, 0.5) is 5.69 Å². The highest BCUT2D eigenvalue weighted by molar-refractivity contribution is 6.05. The molecule has 23 heavy (non-hydrogen) atoms. The molecule has 0 saturated heterocycles. The zero-order valence-electron chi connectivity index (χ0n) is 13.9. The minimum atomic E-state index is -0.157. The van der Waals surface area contributed by atoms with Crippen LogP contribution in [0.15, 0.2) is 42.5 Å². The molecular weight excluding hydrogens is 290 g/mol. The van der Waals surface area contributed by atoms with E-state index in [1.807, 2.05) is 18.2 Å². The first-order valence-electron chi connectivity index (χ1n) is 7.80. The normalized spacial score (nSPS) is 10.2. The predicted molar refractivity (Wildman–Crippen MR) is 92.6 cm³/mol. The van der Waals surface area contributed by atoms with E-state index in [9.17, 15) is 4.79 Å². The largest absolute Gasteiger partial charge is 0.493 e. The van der Waals surface area contributed by atoms with Crippen LogP contribution in [-0.2, 0) is 6.42 Å². The average Bonchev–Trinajstić information content (AvgIpc) is 2.60. The van der Waals surface area contributed by atoms with Gasteiger partial charge in [0, 0.05) is 11.3 Å². The smallest absolute Gasteiger partial charge is 0.255 e. The third kappa shape index (κ3) is 4.25. The van der Waals surface area contributed by atoms with Crippen molar-refractivity contribution in [2.75, 3.05) is 19.5 Å². The number of aryl methyl sites for hydroxylation is 1. The van der Waals surface area contributed by atoms with Crippen molar-refractivity contribution in [3.05, 3.63) is 53.6 Å². The van der Waals surface area contributed by atoms with E-state index in [0.29, 0.717) is 17.1 Å². The lowest BCUT2D eigenvalue weighted by atomic mass is 10.1. The lowest BCUT2D eigenvalue weighted by molar-refractivity contribution is 0.102. The van der Waals surface area contributed by atoms with Crippen LogP contribution in [0.2, 0.25) is 0 Å². The Bertz CT molecular complexity index is 667. The molecule has 0 aliphatic rings. The Balaban J connectivity index is 2.19. The Morgan fingerprint density at radius 2 is 1.78 bits per heavy atom. The number of ether oxygens (including phenoxy) is 2. The van der Waals surface area contributed by atoms with E-state index in [-0.39, 0.29) is 5.91 Å². The summed E-state index contributed by atoms with van der Waals surface area (Å²) in [6.45, 7) is 2.16. The number of para-hydroxylation sites is 1. The lowest BCUT2D eigenvalue weighted by Gasteiger charge is -2.12. The molecule has 0 unspecified atom stereocenters. The zero-order valence-corrected chi connectivity index (χ0v) is 13.9. The molecule has 0 aliphatic heterocycles. The summed E-state index contributed by atoms with van der Waals surface area (Å²) >= 11 is 0. The van der Waals surface area contributed by atoms with Gasteiger partial charge in [0.25, 0.3) is 5.91 Å². The molecule has 0 aliphatic carbocycles. The van der Waals surface area contributed by atoms with Gasteiger partial charge in [-0.2, -0.15) is 0 Å². The number of unbranched alkanes of at least 4 members (excludes halogenated alkanes) is 1. The molecule has 2 rings (SSSR count). The van der Waals surface area contributed by atoms with Gasteiger partial charge in [0.15, 0.2) is 11.5 Å². The number of hydrogen-bond acceptors (Lipinski definition) is 3. The average molecular weight is 313 g/mol. The molecule has 1 N–H and O–H groups in total. The second-order valence-electron chi connectivity index (χ2n) is 5.28. The molecule has 0 atom stereocenters. The maximum Gasteiger partial charge on any atom is 0.255 e. The third-order valence-corrected chi connectivity index (χ3v) is 3.71. The summed E-state index contributed by atoms with van der Waals surface area (Å²) in [5, 5.41) is 2.99. The molecule has 0 fully saturated rings. The van der Waals surface area contributed by atoms with Crippen LogP contribution in [0.5, 0.6) is 11.5 Å². The Kier molecular flexibility index (Phi) is 6.03. The van der Waals surface area contributed by atoms with Crippen LogP contribution >= 0.6 is 0 Å². The molecule has 0 spiro atoms. The number of methoxy groups -OCH3 is 2. The minimum Gasteiger partial charge on any atom is -0.493 e. The van der Waals surface area contributed by atoms with Gasteiger partial charge in [-0.25, -0.2) is 0 Å². The third-order valence-electron chi connectivity index (χ3n) is 3.71. The molecule has 1 amide bonds. The molecule has 0 heterocycles. The second-order valence-corrected chi connectivity index (χ2v) is 5.28. The van der Waals surface area contributed by atoms with E-state index in [1.54, 1.807) is 32.4 Å². The zero-order chi connectivity index (χ0) is 16.7. The number of rotatable bonds is 7. The summed E-state index contributed by atoms with van der Waals surface area (Å²) in [7, 11) is 3.13. The number of nitrogens with one attached hydrogen (secondary N) is 1. The van der Waals surface area contributed by atoms with Crippen molar-refractivity contribution >= 4 is 11.6 Å². The SMILES string of the molecule is CCCCc1ccccc1NC(=O)c1ccc(OC)c(OC)c1. The fraction of sp³-hybridized carbons (Fsp3) is 0.316. The topological polar surface area (TPSA) is 47.6 Å². The van der Waals surface area contributed by atoms with Crippen molar-refractivity contribution in [2.45, 2.75) is 26.2 Å². The number of amides is 1. The highest BCUT2D eigenvalue weighted by Gasteiger charge is 2.12. The van der Waals surface area contributed by atoms with Crippen LogP contribution < -0.4 is 14.8 Å². The maximum absolute atomic E-state index is 12.5. The van der Waals surface area contributed by atoms with Gasteiger partial charge in [-0.3, -0.25) is 4.79 Å². The Morgan fingerprint density at radius 3 is 2.48 bits per heavy atom. The van der Waals surface area contributed by atoms with E-state index in [2.05, 4.69) is 18.3 Å². The monoisotopic (exact) mass is 313 g/mol. The Labute approximate surface area is 137 Å². The van der Waals surface area contributed by atoms with Crippen molar-refractivity contribution in [2.24, 2.45) is 0 Å². The fourth-order valence-corrected chi connectivity index (χ4v) is 2.40. The Hall–Kier alpha value is -2.49.